The van der Waals surface area contributed by atoms with Gasteiger partial charge in [0.25, 0.3) is 5.91 Å². The van der Waals surface area contributed by atoms with Crippen LogP contribution in [0.1, 0.15) is 46.0 Å². The molecule has 1 aliphatic heterocycles. The number of hydrogen-bond acceptors (Lipinski definition) is 4. The summed E-state index contributed by atoms with van der Waals surface area (Å²) in [6.45, 7) is 3.49. The number of allylic oxidation sites excluding steroid dienone is 1. The summed E-state index contributed by atoms with van der Waals surface area (Å²) >= 11 is 0. The maximum absolute atomic E-state index is 12.5. The summed E-state index contributed by atoms with van der Waals surface area (Å²) in [6.07, 6.45) is 11.0. The minimum atomic E-state index is -0.504. The average Bonchev–Trinajstić information content (AvgIpc) is 2.53. The monoisotopic (exact) mass is 303 g/mol. The van der Waals surface area contributed by atoms with E-state index in [4.69, 9.17) is 0 Å². The highest BCUT2D eigenvalue weighted by molar-refractivity contribution is 5.98. The number of carbonyl (C=O) groups is 2. The predicted octanol–water partition coefficient (Wildman–Crippen LogP) is 2.20. The Bertz CT molecular complexity index is 526. The average molecular weight is 303 g/mol. The molecule has 0 spiro atoms. The number of rotatable bonds is 4. The molecule has 5 heteroatoms. The van der Waals surface area contributed by atoms with Crippen molar-refractivity contribution >= 4 is 17.9 Å². The third-order valence-electron chi connectivity index (χ3n) is 4.18. The van der Waals surface area contributed by atoms with Crippen molar-refractivity contribution in [3.8, 4) is 0 Å². The van der Waals surface area contributed by atoms with Crippen LogP contribution in [-0.2, 0) is 9.59 Å². The molecular formula is C17H25N3O2. The minimum absolute atomic E-state index is 0.0179. The summed E-state index contributed by atoms with van der Waals surface area (Å²) in [5.74, 6) is -0.251. The number of Topliss-reactive ketones (excluding diaryl/α,β-unsaturated/α-hetero) is 1. The molecule has 0 aromatic carbocycles. The smallest absolute Gasteiger partial charge is 0.274 e. The van der Waals surface area contributed by atoms with Crippen LogP contribution in [-0.4, -0.2) is 41.9 Å². The Kier molecular flexibility index (Phi) is 5.52. The van der Waals surface area contributed by atoms with Crippen LogP contribution in [0.4, 0.5) is 0 Å². The van der Waals surface area contributed by atoms with Gasteiger partial charge in [0.1, 0.15) is 11.7 Å². The first-order valence-electron chi connectivity index (χ1n) is 7.96. The summed E-state index contributed by atoms with van der Waals surface area (Å²) in [6, 6.07) is -0.383. The maximum Gasteiger partial charge on any atom is 0.274 e. The number of hydrogen-bond donors (Lipinski definition) is 1. The van der Waals surface area contributed by atoms with E-state index in [0.29, 0.717) is 5.70 Å². The van der Waals surface area contributed by atoms with Crippen LogP contribution < -0.4 is 5.32 Å². The van der Waals surface area contributed by atoms with Gasteiger partial charge >= 0.3 is 0 Å². The van der Waals surface area contributed by atoms with Crippen LogP contribution >= 0.6 is 0 Å². The van der Waals surface area contributed by atoms with Crippen LogP contribution in [0, 0.1) is 0 Å². The zero-order valence-corrected chi connectivity index (χ0v) is 13.6. The second-order valence-electron chi connectivity index (χ2n) is 6.12. The fraction of sp³-hybridized carbons (Fsp3) is 0.588. The second-order valence-corrected chi connectivity index (χ2v) is 6.12. The van der Waals surface area contributed by atoms with Gasteiger partial charge in [-0.15, -0.1) is 0 Å². The molecule has 1 saturated carbocycles. The zero-order valence-electron chi connectivity index (χ0n) is 13.6. The molecule has 0 aromatic rings. The molecule has 1 amide bonds. The van der Waals surface area contributed by atoms with Crippen molar-refractivity contribution in [2.45, 2.75) is 58.0 Å². The lowest BCUT2D eigenvalue weighted by Gasteiger charge is -2.26. The summed E-state index contributed by atoms with van der Waals surface area (Å²) < 4.78 is 0. The Balaban J connectivity index is 2.12. The van der Waals surface area contributed by atoms with Crippen molar-refractivity contribution in [2.24, 2.45) is 4.99 Å². The van der Waals surface area contributed by atoms with E-state index in [1.807, 2.05) is 13.0 Å². The molecule has 1 fully saturated rings. The summed E-state index contributed by atoms with van der Waals surface area (Å²) in [4.78, 5) is 30.2. The highest BCUT2D eigenvalue weighted by Gasteiger charge is 2.26. The van der Waals surface area contributed by atoms with E-state index in [1.165, 1.54) is 36.7 Å². The number of amides is 1. The molecule has 0 saturated heterocycles. The van der Waals surface area contributed by atoms with E-state index in [2.05, 4.69) is 10.3 Å². The quantitative estimate of drug-likeness (QED) is 0.810. The van der Waals surface area contributed by atoms with Gasteiger partial charge in [0.2, 0.25) is 0 Å². The molecule has 2 unspecified atom stereocenters. The standard InChI is InChI=1S/C17H25N3O2/c1-12-10-19-15(11-18-12)17(22)20(3)16(13(2)21)9-14-7-5-4-6-8-14/h9-12,16,18H,4-8H2,1-3H3. The Morgan fingerprint density at radius 2 is 2.05 bits per heavy atom. The van der Waals surface area contributed by atoms with Crippen molar-refractivity contribution in [2.75, 3.05) is 7.05 Å². The van der Waals surface area contributed by atoms with Gasteiger partial charge in [-0.1, -0.05) is 18.1 Å². The first-order valence-corrected chi connectivity index (χ1v) is 7.96. The first kappa shape index (κ1) is 16.5. The fourth-order valence-corrected chi connectivity index (χ4v) is 2.80. The lowest BCUT2D eigenvalue weighted by molar-refractivity contribution is -0.132. The molecule has 22 heavy (non-hydrogen) atoms. The number of likely N-dealkylation sites (N-methyl/N-ethyl adjacent to an activating group) is 1. The number of carbonyl (C=O) groups excluding carboxylic acids is 2. The Hall–Kier alpha value is -1.91. The lowest BCUT2D eigenvalue weighted by Crippen LogP contribution is -2.42. The Labute approximate surface area is 132 Å². The second kappa shape index (κ2) is 7.38. The van der Waals surface area contributed by atoms with Gasteiger partial charge < -0.3 is 10.2 Å². The Morgan fingerprint density at radius 1 is 1.36 bits per heavy atom. The molecule has 0 radical (unpaired) electrons. The molecule has 1 aliphatic carbocycles. The van der Waals surface area contributed by atoms with Gasteiger partial charge in [-0.05, 0) is 39.5 Å². The van der Waals surface area contributed by atoms with Gasteiger partial charge in [0, 0.05) is 19.5 Å². The van der Waals surface area contributed by atoms with E-state index < -0.39 is 6.04 Å². The van der Waals surface area contributed by atoms with Gasteiger partial charge in [0.05, 0.1) is 6.04 Å². The fourth-order valence-electron chi connectivity index (χ4n) is 2.80. The van der Waals surface area contributed by atoms with E-state index in [0.717, 1.165) is 12.8 Å². The van der Waals surface area contributed by atoms with Gasteiger partial charge in [-0.3, -0.25) is 14.6 Å². The van der Waals surface area contributed by atoms with Crippen LogP contribution in [0.2, 0.25) is 0 Å². The summed E-state index contributed by atoms with van der Waals surface area (Å²) in [5.41, 5.74) is 1.63. The molecule has 2 aliphatic rings. The number of aliphatic imine (C=N–C) groups is 1. The maximum atomic E-state index is 12.5. The molecule has 5 nitrogen and oxygen atoms in total. The number of nitrogens with one attached hydrogen (secondary N) is 1. The minimum Gasteiger partial charge on any atom is -0.382 e. The summed E-state index contributed by atoms with van der Waals surface area (Å²) in [7, 11) is 1.67. The largest absolute Gasteiger partial charge is 0.382 e. The molecule has 2 atom stereocenters. The van der Waals surface area contributed by atoms with Crippen molar-refractivity contribution in [1.29, 1.82) is 0 Å². The normalized spacial score (nSPS) is 22.4. The number of ketones is 1. The molecule has 1 heterocycles. The molecule has 0 bridgehead atoms. The molecule has 120 valence electrons. The van der Waals surface area contributed by atoms with Crippen LogP contribution in [0.5, 0.6) is 0 Å². The predicted molar refractivity (Wildman–Crippen MR) is 87.6 cm³/mol. The zero-order chi connectivity index (χ0) is 16.1. The molecule has 2 rings (SSSR count). The van der Waals surface area contributed by atoms with E-state index in [-0.39, 0.29) is 17.7 Å². The third kappa shape index (κ3) is 4.06. The SMILES string of the molecule is CC(=O)C(C=C1CCCCC1)N(C)C(=O)C1=CNC(C)C=N1. The van der Waals surface area contributed by atoms with E-state index in [9.17, 15) is 9.59 Å². The van der Waals surface area contributed by atoms with Crippen LogP contribution in [0.25, 0.3) is 0 Å². The Morgan fingerprint density at radius 3 is 2.59 bits per heavy atom. The van der Waals surface area contributed by atoms with Crippen LogP contribution in [0.15, 0.2) is 28.5 Å². The van der Waals surface area contributed by atoms with Crippen molar-refractivity contribution < 1.29 is 9.59 Å². The van der Waals surface area contributed by atoms with Crippen molar-refractivity contribution in [3.63, 3.8) is 0 Å². The van der Waals surface area contributed by atoms with Crippen molar-refractivity contribution in [1.82, 2.24) is 10.2 Å². The van der Waals surface area contributed by atoms with Gasteiger partial charge in [-0.25, -0.2) is 0 Å². The van der Waals surface area contributed by atoms with Gasteiger partial charge in [-0.2, -0.15) is 0 Å². The number of nitrogens with zero attached hydrogens (tertiary/aromatic N) is 2. The topological polar surface area (TPSA) is 61.8 Å². The van der Waals surface area contributed by atoms with Crippen molar-refractivity contribution in [3.05, 3.63) is 23.5 Å². The highest BCUT2D eigenvalue weighted by Crippen LogP contribution is 2.24. The van der Waals surface area contributed by atoms with E-state index in [1.54, 1.807) is 19.5 Å². The summed E-state index contributed by atoms with van der Waals surface area (Å²) in [5, 5.41) is 3.06. The van der Waals surface area contributed by atoms with Gasteiger partial charge in [0.15, 0.2) is 5.78 Å². The third-order valence-corrected chi connectivity index (χ3v) is 4.18. The lowest BCUT2D eigenvalue weighted by atomic mass is 9.92. The molecule has 0 aromatic heterocycles. The highest BCUT2D eigenvalue weighted by atomic mass is 16.2. The molecular weight excluding hydrogens is 278 g/mol. The van der Waals surface area contributed by atoms with Crippen LogP contribution in [0.3, 0.4) is 0 Å². The molecule has 1 N–H and O–H groups in total. The van der Waals surface area contributed by atoms with E-state index >= 15 is 0 Å². The first-order chi connectivity index (χ1) is 10.5.